The molecule has 2 N–H and O–H groups in total. The smallest absolute Gasteiger partial charge is 0.253 e. The predicted octanol–water partition coefficient (Wildman–Crippen LogP) is 4.58. The summed E-state index contributed by atoms with van der Waals surface area (Å²) in [5.74, 6) is -0.391. The Hall–Kier alpha value is -2.99. The molecule has 6 heteroatoms. The Bertz CT molecular complexity index is 973. The number of pyridine rings is 1. The molecule has 142 valence electrons. The summed E-state index contributed by atoms with van der Waals surface area (Å²) in [6.07, 6.45) is 0.191. The standard InChI is InChI=1S/C22H20BrN3O2/c1-15-19(11-12-20(25-15)16-5-3-2-4-6-16)22(28)24-14-13-21(27)26-18-9-7-17(23)8-10-18/h2-12H,13-14H2,1H3,(H,24,28)(H,26,27). The number of anilines is 1. The first kappa shape index (κ1) is 19.8. The van der Waals surface area contributed by atoms with Crippen LogP contribution in [0.2, 0.25) is 0 Å². The second-order valence-corrected chi connectivity index (χ2v) is 7.17. The maximum Gasteiger partial charge on any atom is 0.253 e. The van der Waals surface area contributed by atoms with E-state index >= 15 is 0 Å². The number of carbonyl (C=O) groups excluding carboxylic acids is 2. The van der Waals surface area contributed by atoms with E-state index in [-0.39, 0.29) is 24.8 Å². The normalized spacial score (nSPS) is 10.4. The minimum Gasteiger partial charge on any atom is -0.351 e. The van der Waals surface area contributed by atoms with E-state index in [1.165, 1.54) is 0 Å². The molecule has 3 aromatic rings. The van der Waals surface area contributed by atoms with Crippen molar-refractivity contribution in [3.8, 4) is 11.3 Å². The molecule has 0 bridgehead atoms. The van der Waals surface area contributed by atoms with Gasteiger partial charge in [-0.3, -0.25) is 14.6 Å². The van der Waals surface area contributed by atoms with Crippen molar-refractivity contribution in [3.05, 3.63) is 82.5 Å². The lowest BCUT2D eigenvalue weighted by atomic mass is 10.1. The Morgan fingerprint density at radius 3 is 2.36 bits per heavy atom. The molecule has 1 aromatic heterocycles. The van der Waals surface area contributed by atoms with E-state index in [9.17, 15) is 9.59 Å². The summed E-state index contributed by atoms with van der Waals surface area (Å²) in [5.41, 5.74) is 3.70. The number of carbonyl (C=O) groups is 2. The van der Waals surface area contributed by atoms with Crippen LogP contribution in [0.25, 0.3) is 11.3 Å². The summed E-state index contributed by atoms with van der Waals surface area (Å²) in [6, 6.07) is 20.7. The topological polar surface area (TPSA) is 71.1 Å². The summed E-state index contributed by atoms with van der Waals surface area (Å²) in [4.78, 5) is 28.9. The number of nitrogens with one attached hydrogen (secondary N) is 2. The van der Waals surface area contributed by atoms with Crippen molar-refractivity contribution in [1.29, 1.82) is 0 Å². The van der Waals surface area contributed by atoms with Gasteiger partial charge in [0.1, 0.15) is 0 Å². The van der Waals surface area contributed by atoms with E-state index in [1.54, 1.807) is 6.07 Å². The highest BCUT2D eigenvalue weighted by Gasteiger charge is 2.12. The van der Waals surface area contributed by atoms with Crippen LogP contribution in [0.3, 0.4) is 0 Å². The molecule has 2 aromatic carbocycles. The number of amides is 2. The third kappa shape index (κ3) is 5.27. The Kier molecular flexibility index (Phi) is 6.55. The molecule has 0 unspecified atom stereocenters. The molecule has 0 aliphatic carbocycles. The minimum absolute atomic E-state index is 0.156. The molecular formula is C22H20BrN3O2. The van der Waals surface area contributed by atoms with Crippen molar-refractivity contribution < 1.29 is 9.59 Å². The number of aromatic nitrogens is 1. The van der Waals surface area contributed by atoms with Gasteiger partial charge in [0, 0.05) is 28.7 Å². The van der Waals surface area contributed by atoms with Gasteiger partial charge < -0.3 is 10.6 Å². The van der Waals surface area contributed by atoms with Crippen molar-refractivity contribution in [2.45, 2.75) is 13.3 Å². The highest BCUT2D eigenvalue weighted by Crippen LogP contribution is 2.18. The van der Waals surface area contributed by atoms with E-state index in [2.05, 4.69) is 31.5 Å². The predicted molar refractivity (Wildman–Crippen MR) is 114 cm³/mol. The average molecular weight is 438 g/mol. The third-order valence-electron chi connectivity index (χ3n) is 4.17. The van der Waals surface area contributed by atoms with Gasteiger partial charge in [-0.1, -0.05) is 46.3 Å². The van der Waals surface area contributed by atoms with Crippen LogP contribution in [0.5, 0.6) is 0 Å². The second kappa shape index (κ2) is 9.28. The Labute approximate surface area is 172 Å². The number of nitrogens with zero attached hydrogens (tertiary/aromatic N) is 1. The fourth-order valence-electron chi connectivity index (χ4n) is 2.71. The monoisotopic (exact) mass is 437 g/mol. The first-order chi connectivity index (χ1) is 13.5. The van der Waals surface area contributed by atoms with Crippen LogP contribution in [0.1, 0.15) is 22.5 Å². The molecule has 0 aliphatic heterocycles. The number of hydrogen-bond donors (Lipinski definition) is 2. The van der Waals surface area contributed by atoms with Crippen molar-refractivity contribution in [3.63, 3.8) is 0 Å². The number of rotatable bonds is 6. The van der Waals surface area contributed by atoms with Crippen LogP contribution >= 0.6 is 15.9 Å². The van der Waals surface area contributed by atoms with Gasteiger partial charge in [-0.25, -0.2) is 0 Å². The fraction of sp³-hybridized carbons (Fsp3) is 0.136. The lowest BCUT2D eigenvalue weighted by molar-refractivity contribution is -0.116. The molecule has 0 spiro atoms. The molecular weight excluding hydrogens is 418 g/mol. The molecule has 0 aliphatic rings. The van der Waals surface area contributed by atoms with Crippen molar-refractivity contribution in [1.82, 2.24) is 10.3 Å². The third-order valence-corrected chi connectivity index (χ3v) is 4.69. The van der Waals surface area contributed by atoms with Crippen LogP contribution in [0.15, 0.2) is 71.2 Å². The maximum absolute atomic E-state index is 12.4. The van der Waals surface area contributed by atoms with E-state index in [0.717, 1.165) is 21.4 Å². The van der Waals surface area contributed by atoms with Crippen molar-refractivity contribution in [2.24, 2.45) is 0 Å². The maximum atomic E-state index is 12.4. The number of benzene rings is 2. The molecule has 0 saturated carbocycles. The van der Waals surface area contributed by atoms with Gasteiger partial charge in [-0.05, 0) is 43.3 Å². The first-order valence-corrected chi connectivity index (χ1v) is 9.69. The molecule has 1 heterocycles. The van der Waals surface area contributed by atoms with Gasteiger partial charge in [0.05, 0.1) is 17.0 Å². The van der Waals surface area contributed by atoms with Crippen molar-refractivity contribution >= 4 is 33.4 Å². The molecule has 0 fully saturated rings. The molecule has 3 rings (SSSR count). The minimum atomic E-state index is -0.235. The van der Waals surface area contributed by atoms with Crippen LogP contribution in [0.4, 0.5) is 5.69 Å². The molecule has 2 amide bonds. The first-order valence-electron chi connectivity index (χ1n) is 8.89. The van der Waals surface area contributed by atoms with Gasteiger partial charge in [0.15, 0.2) is 0 Å². The van der Waals surface area contributed by atoms with Crippen LogP contribution < -0.4 is 10.6 Å². The SMILES string of the molecule is Cc1nc(-c2ccccc2)ccc1C(=O)NCCC(=O)Nc1ccc(Br)cc1. The number of aryl methyl sites for hydroxylation is 1. The summed E-state index contributed by atoms with van der Waals surface area (Å²) in [5, 5.41) is 5.57. The Balaban J connectivity index is 1.53. The average Bonchev–Trinajstić information content (AvgIpc) is 2.70. The van der Waals surface area contributed by atoms with Gasteiger partial charge >= 0.3 is 0 Å². The van der Waals surface area contributed by atoms with E-state index < -0.39 is 0 Å². The van der Waals surface area contributed by atoms with Gasteiger partial charge in [-0.15, -0.1) is 0 Å². The summed E-state index contributed by atoms with van der Waals surface area (Å²) in [6.45, 7) is 2.06. The molecule has 0 atom stereocenters. The highest BCUT2D eigenvalue weighted by molar-refractivity contribution is 9.10. The molecule has 0 radical (unpaired) electrons. The summed E-state index contributed by atoms with van der Waals surface area (Å²) >= 11 is 3.35. The summed E-state index contributed by atoms with van der Waals surface area (Å²) < 4.78 is 0.944. The van der Waals surface area contributed by atoms with E-state index in [4.69, 9.17) is 0 Å². The number of hydrogen-bond acceptors (Lipinski definition) is 3. The molecule has 0 saturated heterocycles. The lowest BCUT2D eigenvalue weighted by Gasteiger charge is -2.09. The molecule has 28 heavy (non-hydrogen) atoms. The lowest BCUT2D eigenvalue weighted by Crippen LogP contribution is -2.28. The highest BCUT2D eigenvalue weighted by atomic mass is 79.9. The second-order valence-electron chi connectivity index (χ2n) is 6.26. The molecule has 5 nitrogen and oxygen atoms in total. The largest absolute Gasteiger partial charge is 0.351 e. The Morgan fingerprint density at radius 1 is 0.964 bits per heavy atom. The quantitative estimate of drug-likeness (QED) is 0.592. The van der Waals surface area contributed by atoms with Crippen LogP contribution in [-0.4, -0.2) is 23.3 Å². The zero-order chi connectivity index (χ0) is 19.9. The van der Waals surface area contributed by atoms with E-state index in [1.807, 2.05) is 67.6 Å². The zero-order valence-corrected chi connectivity index (χ0v) is 17.0. The fourth-order valence-corrected chi connectivity index (χ4v) is 2.98. The van der Waals surface area contributed by atoms with Gasteiger partial charge in [0.25, 0.3) is 5.91 Å². The summed E-state index contributed by atoms with van der Waals surface area (Å²) in [7, 11) is 0. The Morgan fingerprint density at radius 2 is 1.68 bits per heavy atom. The number of halogens is 1. The van der Waals surface area contributed by atoms with Crippen molar-refractivity contribution in [2.75, 3.05) is 11.9 Å². The van der Waals surface area contributed by atoms with Gasteiger partial charge in [0.2, 0.25) is 5.91 Å². The van der Waals surface area contributed by atoms with Crippen LogP contribution in [-0.2, 0) is 4.79 Å². The van der Waals surface area contributed by atoms with Gasteiger partial charge in [-0.2, -0.15) is 0 Å². The van der Waals surface area contributed by atoms with E-state index in [0.29, 0.717) is 11.3 Å². The zero-order valence-electron chi connectivity index (χ0n) is 15.4. The van der Waals surface area contributed by atoms with Crippen LogP contribution in [0, 0.1) is 6.92 Å².